The first-order chi connectivity index (χ1) is 13.0. The molecule has 0 aliphatic carbocycles. The molecular weight excluding hydrogens is 342 g/mol. The van der Waals surface area contributed by atoms with Gasteiger partial charge in [0.1, 0.15) is 0 Å². The van der Waals surface area contributed by atoms with Crippen LogP contribution in [-0.4, -0.2) is 35.3 Å². The Morgan fingerprint density at radius 2 is 1.74 bits per heavy atom. The summed E-state index contributed by atoms with van der Waals surface area (Å²) in [5.41, 5.74) is 0.578. The van der Waals surface area contributed by atoms with Crippen molar-refractivity contribution in [2.24, 2.45) is 0 Å². The van der Waals surface area contributed by atoms with E-state index >= 15 is 0 Å². The molecule has 2 aromatic carbocycles. The maximum atomic E-state index is 13.4. The van der Waals surface area contributed by atoms with Crippen molar-refractivity contribution in [3.63, 3.8) is 0 Å². The number of hydrogen-bond acceptors (Lipinski definition) is 3. The fourth-order valence-corrected chi connectivity index (χ4v) is 4.07. The zero-order valence-electron chi connectivity index (χ0n) is 15.3. The van der Waals surface area contributed by atoms with Crippen molar-refractivity contribution < 1.29 is 14.4 Å². The number of carbonyl (C=O) groups excluding carboxylic acids is 3. The molecule has 2 heterocycles. The molecule has 0 bridgehead atoms. The third-order valence-corrected chi connectivity index (χ3v) is 5.55. The zero-order valence-corrected chi connectivity index (χ0v) is 15.3. The van der Waals surface area contributed by atoms with E-state index in [4.69, 9.17) is 0 Å². The van der Waals surface area contributed by atoms with Gasteiger partial charge in [-0.1, -0.05) is 42.5 Å². The molecule has 27 heavy (non-hydrogen) atoms. The minimum atomic E-state index is -1.33. The standard InChI is InChI=1S/C21H21N3O3/c1-14(15-8-4-3-5-9-15)22-20(27)21-13-12-18(25)24(21)17-11-7-6-10-16(17)19(26)23(21)2/h3-11,14H,12-13H2,1-2H3,(H,22,27)/t14-,21-/m1/s1. The summed E-state index contributed by atoms with van der Waals surface area (Å²) in [5.74, 6) is -0.738. The number of benzene rings is 2. The lowest BCUT2D eigenvalue weighted by Gasteiger charge is -2.47. The summed E-state index contributed by atoms with van der Waals surface area (Å²) in [4.78, 5) is 41.9. The number of carbonyl (C=O) groups is 3. The van der Waals surface area contributed by atoms with Crippen LogP contribution in [0.5, 0.6) is 0 Å². The lowest BCUT2D eigenvalue weighted by atomic mass is 9.95. The SMILES string of the molecule is C[C@@H](NC(=O)[C@@]12CCC(=O)N1c1ccccc1C(=O)N2C)c1ccccc1. The van der Waals surface area contributed by atoms with E-state index in [0.29, 0.717) is 11.3 Å². The van der Waals surface area contributed by atoms with Crippen molar-refractivity contribution in [1.82, 2.24) is 10.2 Å². The molecule has 6 heteroatoms. The number of para-hydroxylation sites is 1. The normalized spacial score (nSPS) is 22.3. The first-order valence-corrected chi connectivity index (χ1v) is 9.03. The Kier molecular flexibility index (Phi) is 3.98. The summed E-state index contributed by atoms with van der Waals surface area (Å²) < 4.78 is 0. The van der Waals surface area contributed by atoms with Crippen molar-refractivity contribution in [1.29, 1.82) is 0 Å². The third-order valence-electron chi connectivity index (χ3n) is 5.55. The fourth-order valence-electron chi connectivity index (χ4n) is 4.07. The summed E-state index contributed by atoms with van der Waals surface area (Å²) in [6, 6.07) is 16.3. The largest absolute Gasteiger partial charge is 0.346 e. The summed E-state index contributed by atoms with van der Waals surface area (Å²) in [5, 5.41) is 3.00. The van der Waals surface area contributed by atoms with E-state index in [9.17, 15) is 14.4 Å². The second-order valence-corrected chi connectivity index (χ2v) is 7.03. The second kappa shape index (κ2) is 6.23. The molecule has 0 spiro atoms. The maximum Gasteiger partial charge on any atom is 0.267 e. The highest BCUT2D eigenvalue weighted by atomic mass is 16.2. The highest BCUT2D eigenvalue weighted by Gasteiger charge is 2.59. The van der Waals surface area contributed by atoms with Crippen LogP contribution in [0, 0.1) is 0 Å². The van der Waals surface area contributed by atoms with Crippen molar-refractivity contribution >= 4 is 23.4 Å². The Balaban J connectivity index is 1.75. The van der Waals surface area contributed by atoms with Gasteiger partial charge < -0.3 is 10.2 Å². The number of hydrogen-bond donors (Lipinski definition) is 1. The summed E-state index contributed by atoms with van der Waals surface area (Å²) >= 11 is 0. The van der Waals surface area contributed by atoms with Crippen molar-refractivity contribution in [2.45, 2.75) is 31.5 Å². The molecule has 0 aromatic heterocycles. The predicted molar refractivity (Wildman–Crippen MR) is 101 cm³/mol. The maximum absolute atomic E-state index is 13.4. The van der Waals surface area contributed by atoms with Gasteiger partial charge in [-0.15, -0.1) is 0 Å². The number of amides is 3. The number of nitrogens with zero attached hydrogens (tertiary/aromatic N) is 2. The van der Waals surface area contributed by atoms with Gasteiger partial charge in [-0.05, 0) is 24.6 Å². The van der Waals surface area contributed by atoms with Gasteiger partial charge in [0.25, 0.3) is 11.8 Å². The fraction of sp³-hybridized carbons (Fsp3) is 0.286. The molecule has 1 fully saturated rings. The summed E-state index contributed by atoms with van der Waals surface area (Å²) in [7, 11) is 1.59. The first-order valence-electron chi connectivity index (χ1n) is 9.03. The van der Waals surface area contributed by atoms with E-state index in [1.165, 1.54) is 9.80 Å². The number of anilines is 1. The molecule has 6 nitrogen and oxygen atoms in total. The minimum absolute atomic E-state index is 0.149. The van der Waals surface area contributed by atoms with Crippen LogP contribution in [-0.2, 0) is 9.59 Å². The van der Waals surface area contributed by atoms with Crippen molar-refractivity contribution in [3.05, 3.63) is 65.7 Å². The quantitative estimate of drug-likeness (QED) is 0.911. The molecule has 1 N–H and O–H groups in total. The van der Waals surface area contributed by atoms with E-state index in [1.807, 2.05) is 37.3 Å². The predicted octanol–water partition coefficient (Wildman–Crippen LogP) is 2.47. The lowest BCUT2D eigenvalue weighted by molar-refractivity contribution is -0.133. The van der Waals surface area contributed by atoms with E-state index in [-0.39, 0.29) is 36.6 Å². The molecule has 0 unspecified atom stereocenters. The van der Waals surface area contributed by atoms with Gasteiger partial charge in [-0.25, -0.2) is 0 Å². The molecule has 138 valence electrons. The van der Waals surface area contributed by atoms with Crippen molar-refractivity contribution in [2.75, 3.05) is 11.9 Å². The van der Waals surface area contributed by atoms with Crippen LogP contribution < -0.4 is 10.2 Å². The van der Waals surface area contributed by atoms with Gasteiger partial charge in [0.2, 0.25) is 11.6 Å². The summed E-state index contributed by atoms with van der Waals surface area (Å²) in [6.07, 6.45) is 0.495. The van der Waals surface area contributed by atoms with Crippen LogP contribution >= 0.6 is 0 Å². The van der Waals surface area contributed by atoms with Gasteiger partial charge in [-0.2, -0.15) is 0 Å². The molecule has 0 saturated carbocycles. The van der Waals surface area contributed by atoms with Crippen molar-refractivity contribution in [3.8, 4) is 0 Å². The molecule has 2 aliphatic heterocycles. The molecule has 0 radical (unpaired) electrons. The number of nitrogens with one attached hydrogen (secondary N) is 1. The van der Waals surface area contributed by atoms with Crippen LogP contribution in [0.15, 0.2) is 54.6 Å². The highest BCUT2D eigenvalue weighted by molar-refractivity contribution is 6.16. The van der Waals surface area contributed by atoms with Gasteiger partial charge in [-0.3, -0.25) is 19.3 Å². The van der Waals surface area contributed by atoms with E-state index in [0.717, 1.165) is 5.56 Å². The van der Waals surface area contributed by atoms with E-state index in [2.05, 4.69) is 5.32 Å². The van der Waals surface area contributed by atoms with Gasteiger partial charge in [0.05, 0.1) is 17.3 Å². The number of rotatable bonds is 3. The second-order valence-electron chi connectivity index (χ2n) is 7.03. The Bertz CT molecular complexity index is 927. The van der Waals surface area contributed by atoms with Crippen LogP contribution in [0.2, 0.25) is 0 Å². The molecule has 3 amide bonds. The Morgan fingerprint density at radius 3 is 2.48 bits per heavy atom. The van der Waals surface area contributed by atoms with E-state index < -0.39 is 5.66 Å². The van der Waals surface area contributed by atoms with Gasteiger partial charge in [0, 0.05) is 19.9 Å². The topological polar surface area (TPSA) is 69.7 Å². The van der Waals surface area contributed by atoms with Crippen LogP contribution in [0.3, 0.4) is 0 Å². The Hall–Kier alpha value is -3.15. The van der Waals surface area contributed by atoms with Crippen LogP contribution in [0.4, 0.5) is 5.69 Å². The van der Waals surface area contributed by atoms with E-state index in [1.54, 1.807) is 31.3 Å². The highest BCUT2D eigenvalue weighted by Crippen LogP contribution is 2.44. The number of fused-ring (bicyclic) bond motifs is 3. The smallest absolute Gasteiger partial charge is 0.267 e. The monoisotopic (exact) mass is 363 g/mol. The Labute approximate surface area is 157 Å². The molecule has 2 aromatic rings. The van der Waals surface area contributed by atoms with Crippen LogP contribution in [0.1, 0.15) is 41.7 Å². The molecule has 2 aliphatic rings. The molecule has 1 saturated heterocycles. The first kappa shape index (κ1) is 17.3. The molecular formula is C21H21N3O3. The minimum Gasteiger partial charge on any atom is -0.346 e. The molecule has 4 rings (SSSR count). The number of likely N-dealkylation sites (N-methyl/N-ethyl adjacent to an activating group) is 1. The average molecular weight is 363 g/mol. The summed E-state index contributed by atoms with van der Waals surface area (Å²) in [6.45, 7) is 1.89. The average Bonchev–Trinajstić information content (AvgIpc) is 3.05. The zero-order chi connectivity index (χ0) is 19.2. The lowest BCUT2D eigenvalue weighted by Crippen LogP contribution is -2.69. The van der Waals surface area contributed by atoms with Crippen LogP contribution in [0.25, 0.3) is 0 Å². The third kappa shape index (κ3) is 2.44. The Morgan fingerprint density at radius 1 is 1.07 bits per heavy atom. The van der Waals surface area contributed by atoms with Gasteiger partial charge in [0.15, 0.2) is 0 Å². The van der Waals surface area contributed by atoms with Gasteiger partial charge >= 0.3 is 0 Å². The molecule has 2 atom stereocenters.